The van der Waals surface area contributed by atoms with Crippen molar-refractivity contribution in [3.05, 3.63) is 35.4 Å². The van der Waals surface area contributed by atoms with Gasteiger partial charge >= 0.3 is 0 Å². The predicted octanol–water partition coefficient (Wildman–Crippen LogP) is 4.04. The molecule has 1 aliphatic carbocycles. The van der Waals surface area contributed by atoms with Crippen molar-refractivity contribution in [2.45, 2.75) is 53.0 Å². The summed E-state index contributed by atoms with van der Waals surface area (Å²) in [6.45, 7) is 10.0. The molecule has 1 aliphatic heterocycles. The molecule has 1 aromatic rings. The number of hydrogen-bond donors (Lipinski definition) is 0. The fourth-order valence-electron chi connectivity index (χ4n) is 4.56. The van der Waals surface area contributed by atoms with Crippen LogP contribution in [0.3, 0.4) is 0 Å². The fourth-order valence-corrected chi connectivity index (χ4v) is 4.56. The van der Waals surface area contributed by atoms with Crippen LogP contribution in [0.15, 0.2) is 24.3 Å². The number of carbonyl (C=O) groups excluding carboxylic acids is 1. The summed E-state index contributed by atoms with van der Waals surface area (Å²) >= 11 is 0. The van der Waals surface area contributed by atoms with Crippen LogP contribution in [0.5, 0.6) is 0 Å². The number of likely N-dealkylation sites (tertiary alicyclic amines) is 1. The molecule has 0 unspecified atom stereocenters. The fraction of sp³-hybridized carbons (Fsp3) is 0.611. The molecule has 1 saturated heterocycles. The van der Waals surface area contributed by atoms with Gasteiger partial charge in [-0.3, -0.25) is 4.79 Å². The second-order valence-electron chi connectivity index (χ2n) is 8.01. The maximum absolute atomic E-state index is 12.8. The van der Waals surface area contributed by atoms with E-state index in [4.69, 9.17) is 0 Å². The maximum Gasteiger partial charge on any atom is 0.254 e. The van der Waals surface area contributed by atoms with Gasteiger partial charge in [0.2, 0.25) is 0 Å². The summed E-state index contributed by atoms with van der Waals surface area (Å²) in [5, 5.41) is 0. The van der Waals surface area contributed by atoms with E-state index in [2.05, 4.69) is 32.6 Å². The van der Waals surface area contributed by atoms with Gasteiger partial charge in [0.15, 0.2) is 0 Å². The van der Waals surface area contributed by atoms with Crippen molar-refractivity contribution >= 4 is 5.91 Å². The molecule has 1 saturated carbocycles. The van der Waals surface area contributed by atoms with Gasteiger partial charge in [-0.25, -0.2) is 0 Å². The van der Waals surface area contributed by atoms with Gasteiger partial charge in [-0.1, -0.05) is 38.5 Å². The highest BCUT2D eigenvalue weighted by Gasteiger charge is 2.50. The maximum atomic E-state index is 12.8. The lowest BCUT2D eigenvalue weighted by molar-refractivity contribution is 0.0708. The monoisotopic (exact) mass is 271 g/mol. The molecule has 2 nitrogen and oxygen atoms in total. The molecule has 0 aromatic heterocycles. The van der Waals surface area contributed by atoms with Gasteiger partial charge in [0.25, 0.3) is 5.91 Å². The second-order valence-corrected chi connectivity index (χ2v) is 8.01. The molecule has 2 fully saturated rings. The van der Waals surface area contributed by atoms with Gasteiger partial charge in [0.05, 0.1) is 0 Å². The first kappa shape index (κ1) is 13.7. The van der Waals surface area contributed by atoms with E-state index in [1.807, 2.05) is 24.3 Å². The number of nitrogens with zero attached hydrogens (tertiary/aromatic N) is 1. The summed E-state index contributed by atoms with van der Waals surface area (Å²) in [6, 6.07) is 8.42. The van der Waals surface area contributed by atoms with Crippen LogP contribution in [0.1, 0.15) is 56.0 Å². The molecular weight excluding hydrogens is 246 g/mol. The van der Waals surface area contributed by atoms with Gasteiger partial charge in [0, 0.05) is 18.2 Å². The Kier molecular flexibility index (Phi) is 2.97. The third kappa shape index (κ3) is 2.36. The van der Waals surface area contributed by atoms with Crippen LogP contribution in [0.2, 0.25) is 0 Å². The lowest BCUT2D eigenvalue weighted by atomic mass is 9.65. The highest BCUT2D eigenvalue weighted by atomic mass is 16.2. The summed E-state index contributed by atoms with van der Waals surface area (Å²) in [7, 11) is 0. The minimum Gasteiger partial charge on any atom is -0.335 e. The molecule has 1 heterocycles. The predicted molar refractivity (Wildman–Crippen MR) is 81.7 cm³/mol. The molecule has 0 N–H and O–H groups in total. The van der Waals surface area contributed by atoms with E-state index in [0.717, 1.165) is 18.5 Å². The van der Waals surface area contributed by atoms with Crippen LogP contribution < -0.4 is 0 Å². The third-order valence-electron chi connectivity index (χ3n) is 4.97. The first-order valence-electron chi connectivity index (χ1n) is 7.66. The molecule has 2 bridgehead atoms. The van der Waals surface area contributed by atoms with Crippen molar-refractivity contribution < 1.29 is 4.79 Å². The molecule has 2 aliphatic rings. The standard InChI is InChI=1S/C18H25NO/c1-13-5-7-14(8-6-13)16(20)19-12-18(4)10-15(19)9-17(2,3)11-18/h5-8,15H,9-12H2,1-4H3/t15-,18-/m1/s1. The van der Waals surface area contributed by atoms with Crippen molar-refractivity contribution in [3.63, 3.8) is 0 Å². The number of benzene rings is 1. The molecule has 0 radical (unpaired) electrons. The number of hydrogen-bond acceptors (Lipinski definition) is 1. The van der Waals surface area contributed by atoms with Crippen molar-refractivity contribution in [1.29, 1.82) is 0 Å². The SMILES string of the molecule is Cc1ccc(C(=O)N2C[C@]3(C)C[C@H]2CC(C)(C)C3)cc1. The summed E-state index contributed by atoms with van der Waals surface area (Å²) < 4.78 is 0. The van der Waals surface area contributed by atoms with E-state index in [-0.39, 0.29) is 5.91 Å². The molecule has 1 amide bonds. The van der Waals surface area contributed by atoms with Crippen molar-refractivity contribution in [2.75, 3.05) is 6.54 Å². The Hall–Kier alpha value is -1.31. The Balaban J connectivity index is 1.85. The molecule has 2 atom stereocenters. The van der Waals surface area contributed by atoms with Crippen molar-refractivity contribution in [1.82, 2.24) is 4.90 Å². The second kappa shape index (κ2) is 4.34. The number of fused-ring (bicyclic) bond motifs is 2. The largest absolute Gasteiger partial charge is 0.335 e. The van der Waals surface area contributed by atoms with Gasteiger partial charge in [-0.15, -0.1) is 0 Å². The average Bonchev–Trinajstić information content (AvgIpc) is 2.58. The summed E-state index contributed by atoms with van der Waals surface area (Å²) in [5.41, 5.74) is 2.71. The summed E-state index contributed by atoms with van der Waals surface area (Å²) in [4.78, 5) is 14.9. The lowest BCUT2D eigenvalue weighted by Crippen LogP contribution is -2.37. The highest BCUT2D eigenvalue weighted by Crippen LogP contribution is 2.52. The van der Waals surface area contributed by atoms with Crippen molar-refractivity contribution in [2.24, 2.45) is 10.8 Å². The van der Waals surface area contributed by atoms with E-state index in [9.17, 15) is 4.79 Å². The normalized spacial score (nSPS) is 31.4. The van der Waals surface area contributed by atoms with E-state index in [1.165, 1.54) is 18.4 Å². The van der Waals surface area contributed by atoms with E-state index in [0.29, 0.717) is 16.9 Å². The van der Waals surface area contributed by atoms with E-state index in [1.54, 1.807) is 0 Å². The molecule has 2 heteroatoms. The zero-order chi connectivity index (χ0) is 14.5. The van der Waals surface area contributed by atoms with Crippen LogP contribution >= 0.6 is 0 Å². The van der Waals surface area contributed by atoms with Crippen LogP contribution in [0.25, 0.3) is 0 Å². The van der Waals surface area contributed by atoms with Crippen LogP contribution in [-0.2, 0) is 0 Å². The molecule has 20 heavy (non-hydrogen) atoms. The number of carbonyl (C=O) groups is 1. The number of aryl methyl sites for hydroxylation is 1. The molecule has 1 aromatic carbocycles. The van der Waals surface area contributed by atoms with Gasteiger partial charge in [-0.05, 0) is 49.1 Å². The first-order valence-corrected chi connectivity index (χ1v) is 7.66. The smallest absolute Gasteiger partial charge is 0.254 e. The molecular formula is C18H25NO. The van der Waals surface area contributed by atoms with E-state index < -0.39 is 0 Å². The number of rotatable bonds is 1. The lowest BCUT2D eigenvalue weighted by Gasteiger charge is -2.39. The van der Waals surface area contributed by atoms with Crippen molar-refractivity contribution in [3.8, 4) is 0 Å². The molecule has 0 spiro atoms. The minimum absolute atomic E-state index is 0.219. The zero-order valence-corrected chi connectivity index (χ0v) is 13.1. The Morgan fingerprint density at radius 3 is 2.45 bits per heavy atom. The summed E-state index contributed by atoms with van der Waals surface area (Å²) in [6.07, 6.45) is 3.54. The van der Waals surface area contributed by atoms with E-state index >= 15 is 0 Å². The highest BCUT2D eigenvalue weighted by molar-refractivity contribution is 5.94. The zero-order valence-electron chi connectivity index (χ0n) is 13.1. The molecule has 108 valence electrons. The Morgan fingerprint density at radius 2 is 1.80 bits per heavy atom. The van der Waals surface area contributed by atoms with Gasteiger partial charge < -0.3 is 4.90 Å². The van der Waals surface area contributed by atoms with Crippen LogP contribution in [0.4, 0.5) is 0 Å². The quantitative estimate of drug-likeness (QED) is 0.755. The van der Waals surface area contributed by atoms with Crippen LogP contribution in [0, 0.1) is 17.8 Å². The third-order valence-corrected chi connectivity index (χ3v) is 4.97. The topological polar surface area (TPSA) is 20.3 Å². The van der Waals surface area contributed by atoms with Gasteiger partial charge in [-0.2, -0.15) is 0 Å². The Bertz CT molecular complexity index is 531. The summed E-state index contributed by atoms with van der Waals surface area (Å²) in [5.74, 6) is 0.219. The first-order chi connectivity index (χ1) is 9.28. The minimum atomic E-state index is 0.219. The number of amides is 1. The van der Waals surface area contributed by atoms with Crippen LogP contribution in [-0.4, -0.2) is 23.4 Å². The van der Waals surface area contributed by atoms with Gasteiger partial charge in [0.1, 0.15) is 0 Å². The Morgan fingerprint density at radius 1 is 1.15 bits per heavy atom. The average molecular weight is 271 g/mol. The Labute approximate surface area is 122 Å². The molecule has 3 rings (SSSR count).